The second-order valence-electron chi connectivity index (χ2n) is 15.4. The first-order valence-corrected chi connectivity index (χ1v) is 17.5. The van der Waals surface area contributed by atoms with Gasteiger partial charge in [-0.1, -0.05) is 61.5 Å². The molecule has 7 atom stereocenters. The van der Waals surface area contributed by atoms with Gasteiger partial charge in [-0.05, 0) is 116 Å². The lowest BCUT2D eigenvalue weighted by atomic mass is 9.55. The molecule has 0 radical (unpaired) electrons. The number of aromatic nitrogens is 2. The van der Waals surface area contributed by atoms with Gasteiger partial charge in [0.1, 0.15) is 22.9 Å². The Bertz CT molecular complexity index is 2200. The number of carbonyl (C=O) groups is 1. The number of rotatable bonds is 1. The second kappa shape index (κ2) is 9.60. The standard InChI is InChI=1S/C42H38FN3O2/c1-40-19-18-29-28-17-15-27(47)21-24(28)14-16-30(29)33(40)22-41(39(40)48)34(25-8-7-9-26(43)20-25)23-46(2)42(41)32-11-4-3-10-31(32)37-38(42)45-36-13-6-5-12-35(36)44-37/h3-13,15,17,20-21,29-30,33-34,47H,14,16,18-19,22-23H2,1-2H3/t29-,30-,33+,34-,40+,41-,42-/m1/s1. The van der Waals surface area contributed by atoms with Crippen LogP contribution in [-0.4, -0.2) is 39.4 Å². The molecule has 6 heteroatoms. The maximum atomic E-state index is 16.1. The number of carbonyl (C=O) groups excluding carboxylic acids is 1. The van der Waals surface area contributed by atoms with E-state index in [1.54, 1.807) is 12.1 Å². The summed E-state index contributed by atoms with van der Waals surface area (Å²) >= 11 is 0. The second-order valence-corrected chi connectivity index (χ2v) is 15.4. The van der Waals surface area contributed by atoms with E-state index >= 15 is 9.18 Å². The van der Waals surface area contributed by atoms with E-state index in [1.165, 1.54) is 17.2 Å². The third-order valence-electron chi connectivity index (χ3n) is 13.6. The number of nitrogens with zero attached hydrogens (tertiary/aromatic N) is 3. The van der Waals surface area contributed by atoms with Crippen molar-refractivity contribution >= 4 is 16.8 Å². The molecule has 1 saturated heterocycles. The van der Waals surface area contributed by atoms with Crippen molar-refractivity contribution in [1.29, 1.82) is 0 Å². The third kappa shape index (κ3) is 3.32. The Morgan fingerprint density at radius 2 is 1.71 bits per heavy atom. The Kier molecular flexibility index (Phi) is 5.71. The highest BCUT2D eigenvalue weighted by atomic mass is 19.1. The number of para-hydroxylation sites is 2. The summed E-state index contributed by atoms with van der Waals surface area (Å²) in [5.74, 6) is 0.992. The number of aromatic hydroxyl groups is 1. The number of halogens is 1. The minimum absolute atomic E-state index is 0.162. The average molecular weight is 636 g/mol. The van der Waals surface area contributed by atoms with Crippen LogP contribution in [0.2, 0.25) is 0 Å². The average Bonchev–Trinajstić information content (AvgIpc) is 3.63. The molecule has 10 rings (SSSR count). The molecule has 3 fully saturated rings. The summed E-state index contributed by atoms with van der Waals surface area (Å²) in [7, 11) is 2.15. The first kappa shape index (κ1) is 28.6. The molecule has 5 aromatic rings. The van der Waals surface area contributed by atoms with Gasteiger partial charge in [0, 0.05) is 23.4 Å². The Hall–Kier alpha value is -4.42. The van der Waals surface area contributed by atoms with E-state index in [0.29, 0.717) is 36.3 Å². The first-order valence-electron chi connectivity index (χ1n) is 17.5. The summed E-state index contributed by atoms with van der Waals surface area (Å²) in [5.41, 5.74) is 6.69. The van der Waals surface area contributed by atoms with Crippen molar-refractivity contribution in [1.82, 2.24) is 14.9 Å². The smallest absolute Gasteiger partial charge is 0.148 e. The van der Waals surface area contributed by atoms with E-state index in [4.69, 9.17) is 9.97 Å². The van der Waals surface area contributed by atoms with E-state index in [1.807, 2.05) is 42.5 Å². The quantitative estimate of drug-likeness (QED) is 0.201. The van der Waals surface area contributed by atoms with Crippen LogP contribution < -0.4 is 0 Å². The number of fused-ring (bicyclic) bond motifs is 12. The van der Waals surface area contributed by atoms with Crippen molar-refractivity contribution in [2.75, 3.05) is 13.6 Å². The van der Waals surface area contributed by atoms with Gasteiger partial charge in [0.15, 0.2) is 0 Å². The van der Waals surface area contributed by atoms with Crippen LogP contribution >= 0.6 is 0 Å². The van der Waals surface area contributed by atoms with Gasteiger partial charge in [0.05, 0.1) is 27.8 Å². The fourth-order valence-electron chi connectivity index (χ4n) is 11.8. The van der Waals surface area contributed by atoms with Crippen molar-refractivity contribution in [3.63, 3.8) is 0 Å². The highest BCUT2D eigenvalue weighted by Crippen LogP contribution is 2.76. The molecule has 1 aromatic heterocycles. The molecule has 5 nitrogen and oxygen atoms in total. The maximum absolute atomic E-state index is 16.1. The monoisotopic (exact) mass is 635 g/mol. The number of aryl methyl sites for hydroxylation is 1. The van der Waals surface area contributed by atoms with Gasteiger partial charge in [-0.3, -0.25) is 9.69 Å². The molecule has 240 valence electrons. The maximum Gasteiger partial charge on any atom is 0.148 e. The van der Waals surface area contributed by atoms with Crippen molar-refractivity contribution in [2.45, 2.75) is 56.4 Å². The lowest BCUT2D eigenvalue weighted by molar-refractivity contribution is -0.139. The summed E-state index contributed by atoms with van der Waals surface area (Å²) in [6.45, 7) is 2.86. The van der Waals surface area contributed by atoms with E-state index in [0.717, 1.165) is 64.8 Å². The van der Waals surface area contributed by atoms with Crippen LogP contribution in [0.4, 0.5) is 4.39 Å². The zero-order chi connectivity index (χ0) is 32.6. The van der Waals surface area contributed by atoms with Crippen molar-refractivity contribution in [2.24, 2.45) is 22.7 Å². The van der Waals surface area contributed by atoms with E-state index in [9.17, 15) is 5.11 Å². The molecule has 48 heavy (non-hydrogen) atoms. The molecular formula is C42H38FN3O2. The minimum Gasteiger partial charge on any atom is -0.508 e. The number of likely N-dealkylation sites (tertiary alicyclic amines) is 1. The lowest BCUT2D eigenvalue weighted by Crippen LogP contribution is -2.54. The Balaban J connectivity index is 1.25. The fraction of sp³-hybridized carbons (Fsp3) is 0.357. The summed E-state index contributed by atoms with van der Waals surface area (Å²) in [4.78, 5) is 29.2. The first-order chi connectivity index (χ1) is 23.3. The third-order valence-corrected chi connectivity index (χ3v) is 13.6. The number of likely N-dealkylation sites (N-methyl/N-ethyl adjacent to an activating group) is 1. The number of ketones is 1. The predicted octanol–water partition coefficient (Wildman–Crippen LogP) is 8.15. The van der Waals surface area contributed by atoms with Gasteiger partial charge in [-0.2, -0.15) is 0 Å². The zero-order valence-electron chi connectivity index (χ0n) is 27.3. The molecule has 0 unspecified atom stereocenters. The predicted molar refractivity (Wildman–Crippen MR) is 183 cm³/mol. The van der Waals surface area contributed by atoms with Gasteiger partial charge in [0.25, 0.3) is 0 Å². The van der Waals surface area contributed by atoms with Gasteiger partial charge in [-0.25, -0.2) is 14.4 Å². The number of hydrogen-bond acceptors (Lipinski definition) is 5. The van der Waals surface area contributed by atoms with Gasteiger partial charge in [0.2, 0.25) is 0 Å². The molecule has 0 bridgehead atoms. The number of benzene rings is 4. The van der Waals surface area contributed by atoms with Crippen LogP contribution in [-0.2, 0) is 16.8 Å². The van der Waals surface area contributed by atoms with Crippen LogP contribution in [0.25, 0.3) is 22.3 Å². The van der Waals surface area contributed by atoms with Crippen LogP contribution in [0.1, 0.15) is 72.4 Å². The minimum atomic E-state index is -0.891. The zero-order valence-corrected chi connectivity index (χ0v) is 27.3. The number of phenols is 1. The van der Waals surface area contributed by atoms with Gasteiger partial charge in [-0.15, -0.1) is 0 Å². The van der Waals surface area contributed by atoms with E-state index < -0.39 is 16.4 Å². The largest absolute Gasteiger partial charge is 0.508 e. The molecular weight excluding hydrogens is 597 g/mol. The summed E-state index contributed by atoms with van der Waals surface area (Å²) in [6.07, 6.45) is 4.37. The van der Waals surface area contributed by atoms with Crippen molar-refractivity contribution in [3.8, 4) is 17.0 Å². The normalized spacial score (nSPS) is 33.1. The summed E-state index contributed by atoms with van der Waals surface area (Å²) in [6, 6.07) is 29.4. The molecule has 2 heterocycles. The van der Waals surface area contributed by atoms with Crippen LogP contribution in [0, 0.1) is 28.5 Å². The van der Waals surface area contributed by atoms with Gasteiger partial charge >= 0.3 is 0 Å². The molecule has 1 aliphatic heterocycles. The van der Waals surface area contributed by atoms with Crippen LogP contribution in [0.15, 0.2) is 91.0 Å². The molecule has 2 spiro atoms. The molecule has 0 amide bonds. The Labute approximate surface area is 279 Å². The van der Waals surface area contributed by atoms with Crippen molar-refractivity contribution in [3.05, 3.63) is 125 Å². The van der Waals surface area contributed by atoms with Crippen molar-refractivity contribution < 1.29 is 14.3 Å². The van der Waals surface area contributed by atoms with E-state index in [2.05, 4.69) is 49.2 Å². The van der Waals surface area contributed by atoms with E-state index in [-0.39, 0.29) is 17.7 Å². The van der Waals surface area contributed by atoms with Crippen LogP contribution in [0.5, 0.6) is 5.75 Å². The lowest BCUT2D eigenvalue weighted by Gasteiger charge is -2.48. The highest BCUT2D eigenvalue weighted by Gasteiger charge is 2.78. The molecule has 1 N–H and O–H groups in total. The Morgan fingerprint density at radius 1 is 0.917 bits per heavy atom. The molecule has 4 aliphatic carbocycles. The topological polar surface area (TPSA) is 66.3 Å². The molecule has 2 saturated carbocycles. The Morgan fingerprint density at radius 3 is 2.54 bits per heavy atom. The van der Waals surface area contributed by atoms with Crippen LogP contribution in [0.3, 0.4) is 0 Å². The number of Topliss-reactive ketones (excluding diaryl/α,β-unsaturated/α-hetero) is 1. The number of hydrogen-bond donors (Lipinski definition) is 1. The number of phenolic OH excluding ortho intramolecular Hbond substituents is 1. The SMILES string of the molecule is CN1C[C@H](c2cccc(F)c2)[C@@]2(C[C@H]3[C@@H]4CCc5cc(O)ccc5[C@H]4CC[C@]3(C)C2=O)[C@]12c1ccccc1-c1nc3ccccc3nc12. The summed E-state index contributed by atoms with van der Waals surface area (Å²) in [5, 5.41) is 10.3. The molecule has 5 aliphatic rings. The molecule has 4 aromatic carbocycles. The van der Waals surface area contributed by atoms with Gasteiger partial charge < -0.3 is 5.11 Å². The summed E-state index contributed by atoms with van der Waals surface area (Å²) < 4.78 is 15.1. The highest BCUT2D eigenvalue weighted by molar-refractivity contribution is 5.99. The fourth-order valence-corrected chi connectivity index (χ4v) is 11.8.